The van der Waals surface area contributed by atoms with E-state index in [1.807, 2.05) is 31.1 Å². The number of likely N-dealkylation sites (N-methyl/N-ethyl adjacent to an activating group) is 1. The summed E-state index contributed by atoms with van der Waals surface area (Å²) in [5.41, 5.74) is 0.442. The Labute approximate surface area is 123 Å². The van der Waals surface area contributed by atoms with Crippen LogP contribution in [-0.2, 0) is 6.54 Å². The molecule has 2 N–H and O–H groups in total. The first kappa shape index (κ1) is 15.0. The second kappa shape index (κ2) is 7.39. The second-order valence-electron chi connectivity index (χ2n) is 4.79. The number of aromatic nitrogens is 2. The molecule has 2 heterocycles. The monoisotopic (exact) mass is 289 g/mol. The van der Waals surface area contributed by atoms with Crippen LogP contribution in [0.2, 0.25) is 0 Å². The number of hydrogen-bond donors (Lipinski definition) is 2. The van der Waals surface area contributed by atoms with Crippen molar-refractivity contribution in [1.82, 2.24) is 20.2 Å². The first-order valence-corrected chi connectivity index (χ1v) is 6.66. The Kier molecular flexibility index (Phi) is 5.28. The quantitative estimate of drug-likeness (QED) is 0.790. The molecule has 0 aliphatic heterocycles. The van der Waals surface area contributed by atoms with Gasteiger partial charge in [-0.3, -0.25) is 4.79 Å². The molecule has 2 rings (SSSR count). The van der Waals surface area contributed by atoms with Crippen molar-refractivity contribution in [3.8, 4) is 0 Å². The zero-order valence-electron chi connectivity index (χ0n) is 12.2. The first-order valence-electron chi connectivity index (χ1n) is 6.66. The van der Waals surface area contributed by atoms with Crippen molar-refractivity contribution in [2.75, 3.05) is 32.5 Å². The third-order valence-electron chi connectivity index (χ3n) is 2.76. The summed E-state index contributed by atoms with van der Waals surface area (Å²) in [6.07, 6.45) is 4.62. The van der Waals surface area contributed by atoms with Gasteiger partial charge in [-0.05, 0) is 26.2 Å². The van der Waals surface area contributed by atoms with Crippen LogP contribution in [0.15, 0.2) is 35.2 Å². The maximum atomic E-state index is 11.8. The second-order valence-corrected chi connectivity index (χ2v) is 4.79. The van der Waals surface area contributed by atoms with E-state index in [4.69, 9.17) is 4.42 Å². The van der Waals surface area contributed by atoms with E-state index in [9.17, 15) is 4.79 Å². The van der Waals surface area contributed by atoms with Crippen molar-refractivity contribution >= 4 is 11.9 Å². The van der Waals surface area contributed by atoms with Crippen LogP contribution < -0.4 is 10.6 Å². The summed E-state index contributed by atoms with van der Waals surface area (Å²) >= 11 is 0. The highest BCUT2D eigenvalue weighted by Crippen LogP contribution is 2.05. The maximum absolute atomic E-state index is 11.8. The third kappa shape index (κ3) is 4.88. The van der Waals surface area contributed by atoms with E-state index in [2.05, 4.69) is 20.6 Å². The molecule has 2 aromatic rings. The highest BCUT2D eigenvalue weighted by Gasteiger charge is 2.07. The van der Waals surface area contributed by atoms with Crippen molar-refractivity contribution in [2.24, 2.45) is 0 Å². The summed E-state index contributed by atoms with van der Waals surface area (Å²) in [7, 11) is 3.91. The molecule has 0 saturated heterocycles. The molecule has 0 unspecified atom stereocenters. The predicted octanol–water partition coefficient (Wildman–Crippen LogP) is 0.973. The van der Waals surface area contributed by atoms with E-state index < -0.39 is 0 Å². The Morgan fingerprint density at radius 2 is 2.10 bits per heavy atom. The zero-order chi connectivity index (χ0) is 15.1. The van der Waals surface area contributed by atoms with Crippen LogP contribution in [0.5, 0.6) is 0 Å². The van der Waals surface area contributed by atoms with Gasteiger partial charge in [0.05, 0.1) is 18.4 Å². The van der Waals surface area contributed by atoms with Gasteiger partial charge in [-0.2, -0.15) is 0 Å². The lowest BCUT2D eigenvalue weighted by Gasteiger charge is -2.10. The van der Waals surface area contributed by atoms with Crippen LogP contribution in [0, 0.1) is 0 Å². The summed E-state index contributed by atoms with van der Waals surface area (Å²) < 4.78 is 5.19. The number of anilines is 1. The summed E-state index contributed by atoms with van der Waals surface area (Å²) in [6, 6.07) is 3.68. The molecule has 1 amide bonds. The standard InChI is InChI=1S/C14H19N5O2/c1-19(2)6-5-15-13(20)11-8-16-14(17-9-11)18-10-12-4-3-7-21-12/h3-4,7-9H,5-6,10H2,1-2H3,(H,15,20)(H,16,17,18). The van der Waals surface area contributed by atoms with E-state index in [0.29, 0.717) is 24.6 Å². The molecule has 112 valence electrons. The highest BCUT2D eigenvalue weighted by atomic mass is 16.3. The van der Waals surface area contributed by atoms with Crippen LogP contribution in [0.1, 0.15) is 16.1 Å². The van der Waals surface area contributed by atoms with Crippen LogP contribution in [0.3, 0.4) is 0 Å². The number of hydrogen-bond acceptors (Lipinski definition) is 6. The van der Waals surface area contributed by atoms with Crippen molar-refractivity contribution in [3.05, 3.63) is 42.1 Å². The van der Waals surface area contributed by atoms with E-state index in [0.717, 1.165) is 12.3 Å². The van der Waals surface area contributed by atoms with Gasteiger partial charge in [0.15, 0.2) is 0 Å². The van der Waals surface area contributed by atoms with Crippen molar-refractivity contribution in [2.45, 2.75) is 6.54 Å². The fraction of sp³-hybridized carbons (Fsp3) is 0.357. The molecule has 0 saturated carbocycles. The molecule has 0 aromatic carbocycles. The molecular weight excluding hydrogens is 270 g/mol. The Balaban J connectivity index is 1.82. The first-order chi connectivity index (χ1) is 10.1. The van der Waals surface area contributed by atoms with Gasteiger partial charge in [-0.25, -0.2) is 9.97 Å². The molecule has 7 nitrogen and oxygen atoms in total. The largest absolute Gasteiger partial charge is 0.467 e. The fourth-order valence-electron chi connectivity index (χ4n) is 1.61. The number of carbonyl (C=O) groups excluding carboxylic acids is 1. The number of nitrogens with one attached hydrogen (secondary N) is 2. The highest BCUT2D eigenvalue weighted by molar-refractivity contribution is 5.93. The molecule has 2 aromatic heterocycles. The minimum Gasteiger partial charge on any atom is -0.467 e. The molecule has 21 heavy (non-hydrogen) atoms. The normalized spacial score (nSPS) is 10.6. The lowest BCUT2D eigenvalue weighted by atomic mass is 10.3. The average molecular weight is 289 g/mol. The van der Waals surface area contributed by atoms with E-state index in [1.165, 1.54) is 12.4 Å². The summed E-state index contributed by atoms with van der Waals surface area (Å²) in [4.78, 5) is 22.1. The number of carbonyl (C=O) groups is 1. The van der Waals surface area contributed by atoms with Crippen LogP contribution in [-0.4, -0.2) is 48.0 Å². The van der Waals surface area contributed by atoms with Crippen LogP contribution in [0.4, 0.5) is 5.95 Å². The summed E-state index contributed by atoms with van der Waals surface area (Å²) in [5, 5.41) is 5.83. The van der Waals surface area contributed by atoms with Gasteiger partial charge in [-0.15, -0.1) is 0 Å². The topological polar surface area (TPSA) is 83.3 Å². The lowest BCUT2D eigenvalue weighted by Crippen LogP contribution is -2.31. The molecule has 0 bridgehead atoms. The third-order valence-corrected chi connectivity index (χ3v) is 2.76. The number of amides is 1. The average Bonchev–Trinajstić information content (AvgIpc) is 2.98. The summed E-state index contributed by atoms with van der Waals surface area (Å²) in [6.45, 7) is 1.88. The molecule has 7 heteroatoms. The maximum Gasteiger partial charge on any atom is 0.254 e. The Morgan fingerprint density at radius 3 is 2.71 bits per heavy atom. The van der Waals surface area contributed by atoms with Crippen LogP contribution in [0.25, 0.3) is 0 Å². The smallest absolute Gasteiger partial charge is 0.254 e. The van der Waals surface area contributed by atoms with Gasteiger partial charge >= 0.3 is 0 Å². The molecule has 0 aliphatic rings. The molecule has 0 spiro atoms. The predicted molar refractivity (Wildman–Crippen MR) is 79.0 cm³/mol. The van der Waals surface area contributed by atoms with Gasteiger partial charge in [0.2, 0.25) is 5.95 Å². The minimum absolute atomic E-state index is 0.172. The van der Waals surface area contributed by atoms with Crippen molar-refractivity contribution < 1.29 is 9.21 Å². The Hall–Kier alpha value is -2.41. The number of nitrogens with zero attached hydrogens (tertiary/aromatic N) is 3. The van der Waals surface area contributed by atoms with Gasteiger partial charge < -0.3 is 20.0 Å². The van der Waals surface area contributed by atoms with Gasteiger partial charge in [0, 0.05) is 25.5 Å². The number of furan rings is 1. The summed E-state index contributed by atoms with van der Waals surface area (Å²) in [5.74, 6) is 1.08. The molecular formula is C14H19N5O2. The Bertz CT molecular complexity index is 551. The molecule has 0 atom stereocenters. The van der Waals surface area contributed by atoms with Crippen molar-refractivity contribution in [1.29, 1.82) is 0 Å². The van der Waals surface area contributed by atoms with Crippen LogP contribution >= 0.6 is 0 Å². The Morgan fingerprint density at radius 1 is 1.33 bits per heavy atom. The van der Waals surface area contributed by atoms with E-state index in [-0.39, 0.29) is 5.91 Å². The van der Waals surface area contributed by atoms with E-state index >= 15 is 0 Å². The fourth-order valence-corrected chi connectivity index (χ4v) is 1.61. The molecule has 0 radical (unpaired) electrons. The van der Waals surface area contributed by atoms with Gasteiger partial charge in [0.25, 0.3) is 5.91 Å². The van der Waals surface area contributed by atoms with E-state index in [1.54, 1.807) is 6.26 Å². The SMILES string of the molecule is CN(C)CCNC(=O)c1cnc(NCc2ccco2)nc1. The van der Waals surface area contributed by atoms with Crippen molar-refractivity contribution in [3.63, 3.8) is 0 Å². The molecule has 0 fully saturated rings. The van der Waals surface area contributed by atoms with Gasteiger partial charge in [-0.1, -0.05) is 0 Å². The number of rotatable bonds is 7. The lowest BCUT2D eigenvalue weighted by molar-refractivity contribution is 0.0950. The zero-order valence-corrected chi connectivity index (χ0v) is 12.2. The minimum atomic E-state index is -0.172. The molecule has 0 aliphatic carbocycles. The van der Waals surface area contributed by atoms with Gasteiger partial charge in [0.1, 0.15) is 5.76 Å².